The number of amides is 2. The first-order valence-corrected chi connectivity index (χ1v) is 8.71. The molecule has 0 saturated carbocycles. The van der Waals surface area contributed by atoms with Gasteiger partial charge in [-0.15, -0.1) is 0 Å². The van der Waals surface area contributed by atoms with Crippen LogP contribution >= 0.6 is 0 Å². The zero-order valence-electron chi connectivity index (χ0n) is 15.5. The predicted octanol–water partition coefficient (Wildman–Crippen LogP) is 3.68. The molecule has 0 fully saturated rings. The second-order valence-electron chi connectivity index (χ2n) is 7.04. The number of hydrogen-bond donors (Lipinski definition) is 2. The van der Waals surface area contributed by atoms with Gasteiger partial charge in [-0.2, -0.15) is 0 Å². The molecule has 0 spiro atoms. The highest BCUT2D eigenvalue weighted by atomic mass is 16.6. The van der Waals surface area contributed by atoms with E-state index in [4.69, 9.17) is 4.74 Å². The Hall–Kier alpha value is -2.82. The fraction of sp³-hybridized carbons (Fsp3) is 0.333. The molecule has 2 amide bonds. The van der Waals surface area contributed by atoms with Crippen molar-refractivity contribution in [2.24, 2.45) is 0 Å². The predicted molar refractivity (Wildman–Crippen MR) is 102 cm³/mol. The van der Waals surface area contributed by atoms with Gasteiger partial charge < -0.3 is 15.4 Å². The Balaban J connectivity index is 1.77. The molecule has 5 nitrogen and oxygen atoms in total. The number of ether oxygens (including phenoxy) is 1. The quantitative estimate of drug-likeness (QED) is 0.831. The number of benzene rings is 2. The lowest BCUT2D eigenvalue weighted by Gasteiger charge is -2.19. The van der Waals surface area contributed by atoms with Crippen LogP contribution in [0.5, 0.6) is 0 Å². The molecule has 5 heteroatoms. The molecular formula is C21H26N2O3. The van der Waals surface area contributed by atoms with E-state index in [1.165, 1.54) is 0 Å². The van der Waals surface area contributed by atoms with Crippen LogP contribution in [0.3, 0.4) is 0 Å². The smallest absolute Gasteiger partial charge is 0.407 e. The Labute approximate surface area is 154 Å². The van der Waals surface area contributed by atoms with Gasteiger partial charge in [0, 0.05) is 18.7 Å². The Morgan fingerprint density at radius 2 is 1.54 bits per heavy atom. The second-order valence-corrected chi connectivity index (χ2v) is 7.04. The van der Waals surface area contributed by atoms with Crippen LogP contribution in [0, 0.1) is 0 Å². The fourth-order valence-corrected chi connectivity index (χ4v) is 2.33. The molecule has 26 heavy (non-hydrogen) atoms. The molecule has 0 unspecified atom stereocenters. The van der Waals surface area contributed by atoms with Crippen molar-refractivity contribution in [1.82, 2.24) is 10.6 Å². The number of carbonyl (C=O) groups excluding carboxylic acids is 2. The average Bonchev–Trinajstić information content (AvgIpc) is 2.59. The van der Waals surface area contributed by atoms with Crippen LogP contribution < -0.4 is 10.6 Å². The molecule has 2 rings (SSSR count). The number of nitrogens with one attached hydrogen (secondary N) is 2. The summed E-state index contributed by atoms with van der Waals surface area (Å²) in [6.45, 7) is 6.46. The SMILES string of the molecule is CC(C)(C)OC(=O)NCCc1ccc(C(=O)NCc2ccccc2)cc1. The molecule has 2 aromatic carbocycles. The van der Waals surface area contributed by atoms with E-state index in [9.17, 15) is 9.59 Å². The first kappa shape index (κ1) is 19.5. The second kappa shape index (κ2) is 9.04. The summed E-state index contributed by atoms with van der Waals surface area (Å²) in [7, 11) is 0. The third kappa shape index (κ3) is 6.97. The summed E-state index contributed by atoms with van der Waals surface area (Å²) >= 11 is 0. The molecule has 0 saturated heterocycles. The van der Waals surface area contributed by atoms with Crippen LogP contribution in [-0.4, -0.2) is 24.1 Å². The lowest BCUT2D eigenvalue weighted by Crippen LogP contribution is -2.33. The number of hydrogen-bond acceptors (Lipinski definition) is 3. The molecule has 0 aliphatic heterocycles. The Morgan fingerprint density at radius 3 is 2.15 bits per heavy atom. The largest absolute Gasteiger partial charge is 0.444 e. The zero-order chi connectivity index (χ0) is 19.0. The van der Waals surface area contributed by atoms with Crippen molar-refractivity contribution in [1.29, 1.82) is 0 Å². The van der Waals surface area contributed by atoms with Gasteiger partial charge in [0.15, 0.2) is 0 Å². The van der Waals surface area contributed by atoms with Gasteiger partial charge in [0.05, 0.1) is 0 Å². The third-order valence-electron chi connectivity index (χ3n) is 3.59. The van der Waals surface area contributed by atoms with Crippen molar-refractivity contribution >= 4 is 12.0 Å². The van der Waals surface area contributed by atoms with Gasteiger partial charge in [0.1, 0.15) is 5.60 Å². The molecule has 0 atom stereocenters. The molecule has 2 aromatic rings. The molecule has 0 heterocycles. The van der Waals surface area contributed by atoms with E-state index in [-0.39, 0.29) is 5.91 Å². The maximum absolute atomic E-state index is 12.2. The van der Waals surface area contributed by atoms with E-state index < -0.39 is 11.7 Å². The minimum Gasteiger partial charge on any atom is -0.444 e. The maximum Gasteiger partial charge on any atom is 0.407 e. The van der Waals surface area contributed by atoms with Crippen molar-refractivity contribution in [2.75, 3.05) is 6.54 Å². The lowest BCUT2D eigenvalue weighted by atomic mass is 10.1. The van der Waals surface area contributed by atoms with Crippen molar-refractivity contribution in [3.05, 3.63) is 71.3 Å². The van der Waals surface area contributed by atoms with Gasteiger partial charge in [-0.05, 0) is 50.5 Å². The van der Waals surface area contributed by atoms with Crippen LogP contribution in [0.2, 0.25) is 0 Å². The summed E-state index contributed by atoms with van der Waals surface area (Å²) in [5, 5.41) is 5.63. The minimum absolute atomic E-state index is 0.104. The summed E-state index contributed by atoms with van der Waals surface area (Å²) in [5.41, 5.74) is 2.22. The number of carbonyl (C=O) groups is 2. The summed E-state index contributed by atoms with van der Waals surface area (Å²) in [4.78, 5) is 23.8. The highest BCUT2D eigenvalue weighted by Crippen LogP contribution is 2.08. The number of alkyl carbamates (subject to hydrolysis) is 1. The number of rotatable bonds is 6. The van der Waals surface area contributed by atoms with E-state index in [1.54, 1.807) is 12.1 Å². The zero-order valence-corrected chi connectivity index (χ0v) is 15.5. The normalized spacial score (nSPS) is 10.9. The summed E-state index contributed by atoms with van der Waals surface area (Å²) in [6, 6.07) is 17.2. The third-order valence-corrected chi connectivity index (χ3v) is 3.59. The fourth-order valence-electron chi connectivity index (χ4n) is 2.33. The molecule has 0 aromatic heterocycles. The summed E-state index contributed by atoms with van der Waals surface area (Å²) in [6.07, 6.45) is 0.250. The van der Waals surface area contributed by atoms with Crippen LogP contribution in [0.25, 0.3) is 0 Å². The van der Waals surface area contributed by atoms with Gasteiger partial charge in [-0.1, -0.05) is 42.5 Å². The van der Waals surface area contributed by atoms with E-state index in [0.717, 1.165) is 11.1 Å². The maximum atomic E-state index is 12.2. The summed E-state index contributed by atoms with van der Waals surface area (Å²) in [5.74, 6) is -0.104. The van der Waals surface area contributed by atoms with Crippen molar-refractivity contribution in [2.45, 2.75) is 39.3 Å². The molecular weight excluding hydrogens is 328 g/mol. The van der Waals surface area contributed by atoms with Gasteiger partial charge in [-0.25, -0.2) is 4.79 Å². The van der Waals surface area contributed by atoms with Crippen molar-refractivity contribution in [3.63, 3.8) is 0 Å². The first-order valence-electron chi connectivity index (χ1n) is 8.71. The highest BCUT2D eigenvalue weighted by molar-refractivity contribution is 5.94. The molecule has 2 N–H and O–H groups in total. The monoisotopic (exact) mass is 354 g/mol. The molecule has 0 radical (unpaired) electrons. The lowest BCUT2D eigenvalue weighted by molar-refractivity contribution is 0.0528. The summed E-state index contributed by atoms with van der Waals surface area (Å²) < 4.78 is 5.19. The van der Waals surface area contributed by atoms with Crippen LogP contribution in [0.4, 0.5) is 4.79 Å². The van der Waals surface area contributed by atoms with Gasteiger partial charge in [0.25, 0.3) is 5.91 Å². The minimum atomic E-state index is -0.501. The van der Waals surface area contributed by atoms with E-state index >= 15 is 0 Å². The van der Waals surface area contributed by atoms with E-state index in [0.29, 0.717) is 25.1 Å². The van der Waals surface area contributed by atoms with Gasteiger partial charge in [0.2, 0.25) is 0 Å². The van der Waals surface area contributed by atoms with Crippen molar-refractivity contribution in [3.8, 4) is 0 Å². The Morgan fingerprint density at radius 1 is 0.885 bits per heavy atom. The Kier molecular flexibility index (Phi) is 6.78. The van der Waals surface area contributed by atoms with Crippen LogP contribution in [0.1, 0.15) is 42.3 Å². The van der Waals surface area contributed by atoms with Gasteiger partial charge in [-0.3, -0.25) is 4.79 Å². The average molecular weight is 354 g/mol. The van der Waals surface area contributed by atoms with Gasteiger partial charge >= 0.3 is 6.09 Å². The van der Waals surface area contributed by atoms with Crippen LogP contribution in [0.15, 0.2) is 54.6 Å². The topological polar surface area (TPSA) is 67.4 Å². The van der Waals surface area contributed by atoms with E-state index in [2.05, 4.69) is 10.6 Å². The highest BCUT2D eigenvalue weighted by Gasteiger charge is 2.15. The van der Waals surface area contributed by atoms with E-state index in [1.807, 2.05) is 63.2 Å². The molecule has 138 valence electrons. The van der Waals surface area contributed by atoms with Crippen LogP contribution in [-0.2, 0) is 17.7 Å². The van der Waals surface area contributed by atoms with Crippen molar-refractivity contribution < 1.29 is 14.3 Å². The molecule has 0 bridgehead atoms. The molecule has 0 aliphatic carbocycles. The standard InChI is InChI=1S/C21H26N2O3/c1-21(2,3)26-20(25)22-14-13-16-9-11-18(12-10-16)19(24)23-15-17-7-5-4-6-8-17/h4-12H,13-15H2,1-3H3,(H,22,25)(H,23,24). The Bertz CT molecular complexity index is 719. The first-order chi connectivity index (χ1) is 12.3. The molecule has 0 aliphatic rings.